The molecule has 1 N–H and O–H groups in total. The number of imide groups is 1. The Bertz CT molecular complexity index is 463. The number of urea groups is 1. The molecule has 1 saturated heterocycles. The molecule has 0 spiro atoms. The Hall–Kier alpha value is -1.59. The first kappa shape index (κ1) is 16.8. The van der Waals surface area contributed by atoms with Gasteiger partial charge in [0.25, 0.3) is 0 Å². The van der Waals surface area contributed by atoms with Crippen molar-refractivity contribution in [3.8, 4) is 0 Å². The number of carbonyl (C=O) groups is 3. The van der Waals surface area contributed by atoms with Crippen molar-refractivity contribution in [1.29, 1.82) is 0 Å². The first-order valence-electron chi connectivity index (χ1n) is 8.08. The minimum atomic E-state index is -0.749. The van der Waals surface area contributed by atoms with Crippen molar-refractivity contribution in [2.45, 2.75) is 59.1 Å². The van der Waals surface area contributed by atoms with E-state index in [0.29, 0.717) is 17.8 Å². The highest BCUT2D eigenvalue weighted by Gasteiger charge is 2.40. The normalized spacial score (nSPS) is 32.0. The van der Waals surface area contributed by atoms with Crippen molar-refractivity contribution in [2.75, 3.05) is 6.54 Å². The van der Waals surface area contributed by atoms with Crippen molar-refractivity contribution >= 4 is 17.9 Å². The van der Waals surface area contributed by atoms with Gasteiger partial charge in [0.05, 0.1) is 6.54 Å². The molecular weight excluding hydrogens is 284 g/mol. The van der Waals surface area contributed by atoms with Crippen molar-refractivity contribution in [2.24, 2.45) is 17.8 Å². The maximum atomic E-state index is 12.3. The van der Waals surface area contributed by atoms with E-state index in [2.05, 4.69) is 26.1 Å². The fourth-order valence-corrected chi connectivity index (χ4v) is 3.42. The zero-order chi connectivity index (χ0) is 16.4. The number of nitrogens with zero attached hydrogens (tertiary/aromatic N) is 1. The maximum Gasteiger partial charge on any atom is 0.330 e. The van der Waals surface area contributed by atoms with Gasteiger partial charge in [-0.3, -0.25) is 9.69 Å². The van der Waals surface area contributed by atoms with E-state index in [4.69, 9.17) is 4.74 Å². The van der Waals surface area contributed by atoms with Gasteiger partial charge in [-0.2, -0.15) is 0 Å². The lowest BCUT2D eigenvalue weighted by Crippen LogP contribution is -2.42. The number of nitrogens with one attached hydrogen (secondary N) is 1. The largest absolute Gasteiger partial charge is 0.460 e. The van der Waals surface area contributed by atoms with Crippen molar-refractivity contribution in [1.82, 2.24) is 10.2 Å². The SMILES string of the molecule is CC(=O)N1C[C@@H](C(=O)O[C@@H]2C[C@H](C)CC[C@H]2C(C)C)NC1=O. The van der Waals surface area contributed by atoms with E-state index in [1.165, 1.54) is 6.92 Å². The summed E-state index contributed by atoms with van der Waals surface area (Å²) in [6, 6.07) is -1.27. The second-order valence-electron chi connectivity index (χ2n) is 6.93. The molecule has 0 unspecified atom stereocenters. The highest BCUT2D eigenvalue weighted by atomic mass is 16.5. The molecule has 6 heteroatoms. The predicted octanol–water partition coefficient (Wildman–Crippen LogP) is 1.93. The predicted molar refractivity (Wildman–Crippen MR) is 80.9 cm³/mol. The standard InChI is InChI=1S/C16H26N2O4/c1-9(2)12-6-5-10(3)7-14(12)22-15(20)13-8-18(11(4)19)16(21)17-13/h9-10,12-14H,5-8H2,1-4H3,(H,17,21)/t10-,12+,13+,14-/m1/s1. The molecule has 1 heterocycles. The van der Waals surface area contributed by atoms with Crippen LogP contribution < -0.4 is 5.32 Å². The number of hydrogen-bond donors (Lipinski definition) is 1. The van der Waals surface area contributed by atoms with Crippen LogP contribution in [0.5, 0.6) is 0 Å². The summed E-state index contributed by atoms with van der Waals surface area (Å²) in [5.41, 5.74) is 0. The monoisotopic (exact) mass is 310 g/mol. The zero-order valence-electron chi connectivity index (χ0n) is 13.8. The van der Waals surface area contributed by atoms with Crippen LogP contribution in [0.4, 0.5) is 4.79 Å². The second-order valence-corrected chi connectivity index (χ2v) is 6.93. The number of carbonyl (C=O) groups excluding carboxylic acids is 3. The average molecular weight is 310 g/mol. The number of hydrogen-bond acceptors (Lipinski definition) is 4. The quantitative estimate of drug-likeness (QED) is 0.808. The summed E-state index contributed by atoms with van der Waals surface area (Å²) < 4.78 is 5.70. The first-order valence-corrected chi connectivity index (χ1v) is 8.08. The van der Waals surface area contributed by atoms with E-state index in [1.54, 1.807) is 0 Å². The molecular formula is C16H26N2O4. The van der Waals surface area contributed by atoms with Crippen LogP contribution in [0.15, 0.2) is 0 Å². The highest BCUT2D eigenvalue weighted by Crippen LogP contribution is 2.35. The van der Waals surface area contributed by atoms with E-state index in [0.717, 1.165) is 24.2 Å². The fraction of sp³-hybridized carbons (Fsp3) is 0.812. The maximum absolute atomic E-state index is 12.3. The molecule has 3 amide bonds. The van der Waals surface area contributed by atoms with Crippen molar-refractivity contribution < 1.29 is 19.1 Å². The summed E-state index contributed by atoms with van der Waals surface area (Å²) >= 11 is 0. The second kappa shape index (κ2) is 6.67. The van der Waals surface area contributed by atoms with Gasteiger partial charge in [-0.05, 0) is 30.6 Å². The average Bonchev–Trinajstić information content (AvgIpc) is 2.80. The summed E-state index contributed by atoms with van der Waals surface area (Å²) in [6.07, 6.45) is 2.99. The first-order chi connectivity index (χ1) is 10.3. The van der Waals surface area contributed by atoms with Gasteiger partial charge in [0.1, 0.15) is 12.1 Å². The topological polar surface area (TPSA) is 75.7 Å². The summed E-state index contributed by atoms with van der Waals surface area (Å²) in [4.78, 5) is 36.3. The molecule has 1 saturated carbocycles. The third-order valence-electron chi connectivity index (χ3n) is 4.80. The summed E-state index contributed by atoms with van der Waals surface area (Å²) in [5, 5.41) is 2.52. The van der Waals surface area contributed by atoms with Crippen LogP contribution in [0.25, 0.3) is 0 Å². The molecule has 6 nitrogen and oxygen atoms in total. The van der Waals surface area contributed by atoms with E-state index >= 15 is 0 Å². The molecule has 0 aromatic heterocycles. The Balaban J connectivity index is 1.98. The van der Waals surface area contributed by atoms with Crippen LogP contribution >= 0.6 is 0 Å². The molecule has 22 heavy (non-hydrogen) atoms. The van der Waals surface area contributed by atoms with E-state index in [9.17, 15) is 14.4 Å². The van der Waals surface area contributed by atoms with Crippen LogP contribution in [0.2, 0.25) is 0 Å². The smallest absolute Gasteiger partial charge is 0.330 e. The Labute approximate surface area is 131 Å². The van der Waals surface area contributed by atoms with Crippen LogP contribution in [-0.2, 0) is 14.3 Å². The zero-order valence-corrected chi connectivity index (χ0v) is 13.8. The molecule has 0 aromatic carbocycles. The Morgan fingerprint density at radius 3 is 2.55 bits per heavy atom. The summed E-state index contributed by atoms with van der Waals surface area (Å²) in [5.74, 6) is 0.569. The van der Waals surface area contributed by atoms with Gasteiger partial charge in [0, 0.05) is 6.92 Å². The lowest BCUT2D eigenvalue weighted by molar-refractivity contribution is -0.157. The Morgan fingerprint density at radius 2 is 2.00 bits per heavy atom. The molecule has 2 aliphatic rings. The lowest BCUT2D eigenvalue weighted by Gasteiger charge is -2.37. The van der Waals surface area contributed by atoms with Crippen molar-refractivity contribution in [3.05, 3.63) is 0 Å². The molecule has 0 radical (unpaired) electrons. The van der Waals surface area contributed by atoms with Gasteiger partial charge >= 0.3 is 12.0 Å². The number of rotatable bonds is 3. The van der Waals surface area contributed by atoms with Crippen LogP contribution in [0.1, 0.15) is 47.0 Å². The van der Waals surface area contributed by atoms with E-state index in [-0.39, 0.29) is 18.6 Å². The Morgan fingerprint density at radius 1 is 1.32 bits per heavy atom. The fourth-order valence-electron chi connectivity index (χ4n) is 3.42. The van der Waals surface area contributed by atoms with Gasteiger partial charge in [-0.25, -0.2) is 9.59 Å². The molecule has 4 atom stereocenters. The highest BCUT2D eigenvalue weighted by molar-refractivity contribution is 5.98. The lowest BCUT2D eigenvalue weighted by atomic mass is 9.75. The minimum absolute atomic E-state index is 0.0572. The molecule has 0 bridgehead atoms. The van der Waals surface area contributed by atoms with E-state index in [1.807, 2.05) is 0 Å². The van der Waals surface area contributed by atoms with E-state index < -0.39 is 18.0 Å². The van der Waals surface area contributed by atoms with Crippen LogP contribution in [0, 0.1) is 17.8 Å². The molecule has 1 aliphatic heterocycles. The molecule has 1 aliphatic carbocycles. The minimum Gasteiger partial charge on any atom is -0.460 e. The Kier molecular flexibility index (Phi) is 5.08. The number of ether oxygens (including phenoxy) is 1. The van der Waals surface area contributed by atoms with Gasteiger partial charge < -0.3 is 10.1 Å². The molecule has 124 valence electrons. The molecule has 0 aromatic rings. The third kappa shape index (κ3) is 3.59. The summed E-state index contributed by atoms with van der Waals surface area (Å²) in [6.45, 7) is 7.84. The van der Waals surface area contributed by atoms with Gasteiger partial charge in [-0.15, -0.1) is 0 Å². The van der Waals surface area contributed by atoms with Crippen LogP contribution in [-0.4, -0.2) is 41.5 Å². The third-order valence-corrected chi connectivity index (χ3v) is 4.80. The number of esters is 1. The van der Waals surface area contributed by atoms with Gasteiger partial charge in [0.2, 0.25) is 5.91 Å². The van der Waals surface area contributed by atoms with Gasteiger partial charge in [0.15, 0.2) is 0 Å². The van der Waals surface area contributed by atoms with Gasteiger partial charge in [-0.1, -0.05) is 27.2 Å². The summed E-state index contributed by atoms with van der Waals surface area (Å²) in [7, 11) is 0. The van der Waals surface area contributed by atoms with Crippen LogP contribution in [0.3, 0.4) is 0 Å². The molecule has 2 fully saturated rings. The molecule has 2 rings (SSSR count). The van der Waals surface area contributed by atoms with Crippen molar-refractivity contribution in [3.63, 3.8) is 0 Å². The number of amides is 3.